The van der Waals surface area contributed by atoms with Gasteiger partial charge in [-0.3, -0.25) is 0 Å². The summed E-state index contributed by atoms with van der Waals surface area (Å²) >= 11 is 0. The van der Waals surface area contributed by atoms with E-state index in [1.54, 1.807) is 0 Å². The van der Waals surface area contributed by atoms with Crippen LogP contribution in [0.25, 0.3) is 54.9 Å². The quantitative estimate of drug-likeness (QED) is 0.187. The summed E-state index contributed by atoms with van der Waals surface area (Å²) in [5, 5.41) is 8.30. The molecule has 8 aromatic rings. The lowest BCUT2D eigenvalue weighted by Gasteiger charge is -2.32. The van der Waals surface area contributed by atoms with Crippen LogP contribution in [0.3, 0.4) is 0 Å². The van der Waals surface area contributed by atoms with E-state index in [-0.39, 0.29) is 0 Å². The van der Waals surface area contributed by atoms with Crippen molar-refractivity contribution in [2.75, 3.05) is 18.1 Å². The van der Waals surface area contributed by atoms with E-state index in [0.717, 1.165) is 16.9 Å². The van der Waals surface area contributed by atoms with Crippen molar-refractivity contribution in [3.8, 4) is 33.4 Å². The summed E-state index contributed by atoms with van der Waals surface area (Å²) in [7, 11) is 1.90. The van der Waals surface area contributed by atoms with Crippen LogP contribution in [0.5, 0.6) is 0 Å². The maximum absolute atomic E-state index is 6.36. The summed E-state index contributed by atoms with van der Waals surface area (Å²) in [5.74, 6) is 0. The molecular weight excluding hydrogens is 593 g/mol. The first-order chi connectivity index (χ1) is 24.1. The van der Waals surface area contributed by atoms with Gasteiger partial charge in [-0.05, 0) is 102 Å². The van der Waals surface area contributed by atoms with Gasteiger partial charge in [0.25, 0.3) is 0 Å². The Labute approximate surface area is 287 Å². The van der Waals surface area contributed by atoms with Crippen molar-refractivity contribution in [1.82, 2.24) is 0 Å². The molecule has 0 saturated carbocycles. The number of nitrogens with one attached hydrogen (secondary N) is 1. The van der Waals surface area contributed by atoms with E-state index in [0.29, 0.717) is 0 Å². The summed E-state index contributed by atoms with van der Waals surface area (Å²) in [5.41, 5.74) is 22.1. The third-order valence-electron chi connectivity index (χ3n) is 10.5. The number of hydrogen-bond donors (Lipinski definition) is 2. The molecule has 8 aromatic carbocycles. The van der Waals surface area contributed by atoms with E-state index in [1.807, 2.05) is 25.2 Å². The molecule has 3 N–H and O–H groups in total. The van der Waals surface area contributed by atoms with Crippen molar-refractivity contribution in [2.45, 2.75) is 12.3 Å². The number of nitrogen functional groups attached to an aromatic ring is 1. The van der Waals surface area contributed by atoms with Crippen LogP contribution < -0.4 is 11.1 Å². The molecule has 2 aliphatic carbocycles. The second-order valence-corrected chi connectivity index (χ2v) is 13.2. The van der Waals surface area contributed by atoms with Gasteiger partial charge in [0.15, 0.2) is 0 Å². The predicted octanol–water partition coefficient (Wildman–Crippen LogP) is 11.6. The van der Waals surface area contributed by atoms with Crippen LogP contribution >= 0.6 is 0 Å². The fourth-order valence-corrected chi connectivity index (χ4v) is 8.44. The minimum absolute atomic E-state index is 0.404. The maximum atomic E-state index is 6.36. The molecule has 234 valence electrons. The van der Waals surface area contributed by atoms with Gasteiger partial charge in [-0.2, -0.15) is 0 Å². The molecule has 0 unspecified atom stereocenters. The molecule has 0 aliphatic heterocycles. The number of nitrogens with two attached hydrogens (primary N) is 1. The summed E-state index contributed by atoms with van der Waals surface area (Å²) in [6.07, 6.45) is 0. The number of fused-ring (bicyclic) bond motifs is 14. The zero-order valence-corrected chi connectivity index (χ0v) is 27.7. The number of aryl methyl sites for hydroxylation is 1. The Morgan fingerprint density at radius 3 is 1.65 bits per heavy atom. The smallest absolute Gasteiger partial charge is 0.0737 e. The molecular formula is C47H36N2. The molecule has 2 aliphatic rings. The summed E-state index contributed by atoms with van der Waals surface area (Å²) in [4.78, 5) is 0. The number of hydrogen-bond acceptors (Lipinski definition) is 2. The first-order valence-electron chi connectivity index (χ1n) is 17.0. The van der Waals surface area contributed by atoms with Gasteiger partial charge in [0, 0.05) is 7.05 Å². The monoisotopic (exact) mass is 628 g/mol. The Hall–Kier alpha value is -6.12. The Morgan fingerprint density at radius 2 is 1.02 bits per heavy atom. The fraction of sp³-hybridized carbons (Fsp3) is 0.0638. The van der Waals surface area contributed by atoms with Gasteiger partial charge in [-0.25, -0.2) is 0 Å². The second kappa shape index (κ2) is 11.2. The van der Waals surface area contributed by atoms with Gasteiger partial charge < -0.3 is 11.1 Å². The lowest BCUT2D eigenvalue weighted by molar-refractivity contribution is 0.809. The SMILES string of the molecule is CNc1ccc(-c2ccc3c4c(ccc3c2)-c2ccc3ccccc3c2C42c3ccccc3-c3ccccc32)cc1N.Cc1ccccc1. The van der Waals surface area contributed by atoms with Gasteiger partial charge in [-0.1, -0.05) is 151 Å². The molecule has 2 heteroatoms. The van der Waals surface area contributed by atoms with Gasteiger partial charge in [0.05, 0.1) is 16.8 Å². The predicted molar refractivity (Wildman–Crippen MR) is 208 cm³/mol. The zero-order chi connectivity index (χ0) is 33.1. The second-order valence-electron chi connectivity index (χ2n) is 13.2. The van der Waals surface area contributed by atoms with E-state index in [1.165, 1.54) is 77.2 Å². The first-order valence-corrected chi connectivity index (χ1v) is 17.0. The van der Waals surface area contributed by atoms with Gasteiger partial charge >= 0.3 is 0 Å². The molecule has 10 rings (SSSR count). The van der Waals surface area contributed by atoms with Crippen LogP contribution in [-0.4, -0.2) is 7.05 Å². The van der Waals surface area contributed by atoms with Crippen LogP contribution in [0.4, 0.5) is 11.4 Å². The van der Waals surface area contributed by atoms with E-state index < -0.39 is 5.41 Å². The highest BCUT2D eigenvalue weighted by atomic mass is 14.8. The molecule has 0 radical (unpaired) electrons. The van der Waals surface area contributed by atoms with Crippen molar-refractivity contribution in [3.05, 3.63) is 192 Å². The molecule has 0 aromatic heterocycles. The van der Waals surface area contributed by atoms with E-state index in [2.05, 4.69) is 158 Å². The average molecular weight is 629 g/mol. The van der Waals surface area contributed by atoms with Crippen LogP contribution in [0, 0.1) is 6.92 Å². The van der Waals surface area contributed by atoms with Crippen molar-refractivity contribution < 1.29 is 0 Å². The zero-order valence-electron chi connectivity index (χ0n) is 27.7. The maximum Gasteiger partial charge on any atom is 0.0737 e. The van der Waals surface area contributed by atoms with E-state index in [4.69, 9.17) is 5.73 Å². The minimum Gasteiger partial charge on any atom is -0.397 e. The Bertz CT molecular complexity index is 2520. The molecule has 0 bridgehead atoms. The van der Waals surface area contributed by atoms with Crippen molar-refractivity contribution >= 4 is 32.9 Å². The van der Waals surface area contributed by atoms with Crippen LogP contribution in [0.1, 0.15) is 27.8 Å². The fourth-order valence-electron chi connectivity index (χ4n) is 8.44. The van der Waals surface area contributed by atoms with Crippen molar-refractivity contribution in [3.63, 3.8) is 0 Å². The molecule has 0 atom stereocenters. The largest absolute Gasteiger partial charge is 0.397 e. The lowest BCUT2D eigenvalue weighted by atomic mass is 9.68. The third kappa shape index (κ3) is 4.27. The highest BCUT2D eigenvalue weighted by molar-refractivity contribution is 6.09. The Morgan fingerprint density at radius 1 is 0.469 bits per heavy atom. The first kappa shape index (κ1) is 29.1. The molecule has 49 heavy (non-hydrogen) atoms. The molecule has 0 fully saturated rings. The number of anilines is 2. The molecule has 1 spiro atoms. The summed E-state index contributed by atoms with van der Waals surface area (Å²) in [6, 6.07) is 59.7. The standard InChI is InChI=1S/C40H28N2.C7H8/c1-42-37-21-17-26(23-36(37)41)25-15-18-29-27(22-25)16-20-33-32-19-14-24-8-2-3-9-28(24)38(32)40(39(29)33)34-12-6-4-10-30(34)31-11-5-7-13-35(31)40;1-7-5-3-2-4-6-7/h2-23,42H,41H2,1H3;2-6H,1H3. The summed E-state index contributed by atoms with van der Waals surface area (Å²) in [6.45, 7) is 2.08. The molecule has 0 saturated heterocycles. The van der Waals surface area contributed by atoms with E-state index in [9.17, 15) is 0 Å². The third-order valence-corrected chi connectivity index (χ3v) is 10.5. The average Bonchev–Trinajstić information content (AvgIpc) is 3.63. The van der Waals surface area contributed by atoms with Crippen LogP contribution in [-0.2, 0) is 5.41 Å². The van der Waals surface area contributed by atoms with Crippen molar-refractivity contribution in [2.24, 2.45) is 0 Å². The number of benzene rings is 8. The lowest BCUT2D eigenvalue weighted by Crippen LogP contribution is -2.26. The highest BCUT2D eigenvalue weighted by Crippen LogP contribution is 2.65. The number of rotatable bonds is 2. The van der Waals surface area contributed by atoms with Crippen LogP contribution in [0.2, 0.25) is 0 Å². The minimum atomic E-state index is -0.404. The Kier molecular flexibility index (Phi) is 6.67. The Balaban J connectivity index is 0.000000417. The topological polar surface area (TPSA) is 38.0 Å². The van der Waals surface area contributed by atoms with Crippen molar-refractivity contribution in [1.29, 1.82) is 0 Å². The van der Waals surface area contributed by atoms with E-state index >= 15 is 0 Å². The normalized spacial score (nSPS) is 12.9. The van der Waals surface area contributed by atoms with Crippen LogP contribution in [0.15, 0.2) is 164 Å². The molecule has 0 amide bonds. The molecule has 0 heterocycles. The summed E-state index contributed by atoms with van der Waals surface area (Å²) < 4.78 is 0. The van der Waals surface area contributed by atoms with Gasteiger partial charge in [0.1, 0.15) is 0 Å². The van der Waals surface area contributed by atoms with Gasteiger partial charge in [0.2, 0.25) is 0 Å². The van der Waals surface area contributed by atoms with Gasteiger partial charge in [-0.15, -0.1) is 0 Å². The highest BCUT2D eigenvalue weighted by Gasteiger charge is 2.53. The molecule has 2 nitrogen and oxygen atoms in total.